The molecule has 1 aliphatic rings. The van der Waals surface area contributed by atoms with Gasteiger partial charge in [-0.1, -0.05) is 30.1 Å². The highest BCUT2D eigenvalue weighted by Crippen LogP contribution is 2.41. The molecule has 0 spiro atoms. The summed E-state index contributed by atoms with van der Waals surface area (Å²) in [4.78, 5) is 11.5. The van der Waals surface area contributed by atoms with E-state index in [-0.39, 0.29) is 11.8 Å². The topological polar surface area (TPSA) is 29.1 Å². The first kappa shape index (κ1) is 9.81. The van der Waals surface area contributed by atoms with Gasteiger partial charge in [-0.05, 0) is 24.1 Å². The van der Waals surface area contributed by atoms with Crippen LogP contribution in [0.5, 0.6) is 0 Å². The number of carbonyl (C=O) groups is 1. The van der Waals surface area contributed by atoms with Gasteiger partial charge in [0, 0.05) is 5.02 Å². The molecule has 0 bridgehead atoms. The van der Waals surface area contributed by atoms with E-state index in [1.165, 1.54) is 0 Å². The van der Waals surface area contributed by atoms with Gasteiger partial charge >= 0.3 is 0 Å². The molecule has 4 heteroatoms. The Morgan fingerprint density at radius 2 is 2.14 bits per heavy atom. The standard InChI is InChI=1S/C10H9Cl2NO/c1-2-6-7-3-5(11)4-8(12)9(7)13-10(6)14/h3-4,6H,2H2,1H3,(H,13,14). The monoisotopic (exact) mass is 229 g/mol. The number of nitrogens with one attached hydrogen (secondary N) is 1. The summed E-state index contributed by atoms with van der Waals surface area (Å²) in [6, 6.07) is 3.44. The first-order valence-corrected chi connectivity index (χ1v) is 5.19. The van der Waals surface area contributed by atoms with Gasteiger partial charge in [-0.3, -0.25) is 4.79 Å². The summed E-state index contributed by atoms with van der Waals surface area (Å²) in [5.41, 5.74) is 1.63. The van der Waals surface area contributed by atoms with Gasteiger partial charge in [0.1, 0.15) is 0 Å². The van der Waals surface area contributed by atoms with E-state index in [4.69, 9.17) is 23.2 Å². The van der Waals surface area contributed by atoms with E-state index in [1.54, 1.807) is 12.1 Å². The molecule has 1 aromatic rings. The van der Waals surface area contributed by atoms with E-state index < -0.39 is 0 Å². The van der Waals surface area contributed by atoms with Crippen LogP contribution in [0, 0.1) is 0 Å². The van der Waals surface area contributed by atoms with Crippen molar-refractivity contribution in [1.82, 2.24) is 0 Å². The Morgan fingerprint density at radius 1 is 1.43 bits per heavy atom. The molecule has 1 atom stereocenters. The van der Waals surface area contributed by atoms with Crippen molar-refractivity contribution in [3.8, 4) is 0 Å². The fourth-order valence-electron chi connectivity index (χ4n) is 1.76. The van der Waals surface area contributed by atoms with Gasteiger partial charge in [-0.25, -0.2) is 0 Å². The molecular formula is C10H9Cl2NO. The zero-order valence-corrected chi connectivity index (χ0v) is 9.12. The number of halogens is 2. The average molecular weight is 230 g/mol. The van der Waals surface area contributed by atoms with E-state index >= 15 is 0 Å². The van der Waals surface area contributed by atoms with Gasteiger partial charge in [-0.2, -0.15) is 0 Å². The number of rotatable bonds is 1. The van der Waals surface area contributed by atoms with Gasteiger partial charge in [0.15, 0.2) is 0 Å². The van der Waals surface area contributed by atoms with Crippen LogP contribution in [0.1, 0.15) is 24.8 Å². The van der Waals surface area contributed by atoms with Crippen LogP contribution in [0.25, 0.3) is 0 Å². The molecule has 1 aliphatic heterocycles. The average Bonchev–Trinajstić information content (AvgIpc) is 2.41. The second-order valence-corrected chi connectivity index (χ2v) is 4.15. The van der Waals surface area contributed by atoms with Crippen LogP contribution in [-0.4, -0.2) is 5.91 Å². The van der Waals surface area contributed by atoms with Crippen molar-refractivity contribution >= 4 is 34.8 Å². The molecule has 1 heterocycles. The molecule has 1 N–H and O–H groups in total. The third-order valence-corrected chi connectivity index (χ3v) is 2.95. The molecule has 0 aromatic heterocycles. The zero-order chi connectivity index (χ0) is 10.3. The van der Waals surface area contributed by atoms with Crippen LogP contribution >= 0.6 is 23.2 Å². The number of benzene rings is 1. The first-order chi connectivity index (χ1) is 6.63. The molecule has 14 heavy (non-hydrogen) atoms. The molecule has 2 rings (SSSR count). The van der Waals surface area contributed by atoms with Gasteiger partial charge in [0.05, 0.1) is 16.6 Å². The largest absolute Gasteiger partial charge is 0.324 e. The molecule has 2 nitrogen and oxygen atoms in total. The molecule has 1 aromatic carbocycles. The minimum atomic E-state index is -0.110. The highest BCUT2D eigenvalue weighted by atomic mass is 35.5. The maximum Gasteiger partial charge on any atom is 0.232 e. The third kappa shape index (κ3) is 1.39. The van der Waals surface area contributed by atoms with Crippen molar-refractivity contribution < 1.29 is 4.79 Å². The summed E-state index contributed by atoms with van der Waals surface area (Å²) < 4.78 is 0. The van der Waals surface area contributed by atoms with Crippen molar-refractivity contribution in [2.75, 3.05) is 5.32 Å². The molecule has 0 saturated heterocycles. The number of hydrogen-bond donors (Lipinski definition) is 1. The van der Waals surface area contributed by atoms with E-state index in [0.29, 0.717) is 15.7 Å². The summed E-state index contributed by atoms with van der Waals surface area (Å²) >= 11 is 11.8. The lowest BCUT2D eigenvalue weighted by Crippen LogP contribution is -2.10. The minimum Gasteiger partial charge on any atom is -0.324 e. The van der Waals surface area contributed by atoms with Crippen LogP contribution in [-0.2, 0) is 4.79 Å². The molecule has 1 unspecified atom stereocenters. The molecule has 0 aliphatic carbocycles. The maximum atomic E-state index is 11.5. The number of fused-ring (bicyclic) bond motifs is 1. The maximum absolute atomic E-state index is 11.5. The predicted molar refractivity (Wildman–Crippen MR) is 58.1 cm³/mol. The van der Waals surface area contributed by atoms with Crippen molar-refractivity contribution in [3.63, 3.8) is 0 Å². The van der Waals surface area contributed by atoms with E-state index in [1.807, 2.05) is 6.92 Å². The Balaban J connectivity index is 2.58. The normalized spacial score (nSPS) is 19.4. The number of hydrogen-bond acceptors (Lipinski definition) is 1. The molecule has 0 saturated carbocycles. The van der Waals surface area contributed by atoms with Crippen molar-refractivity contribution in [3.05, 3.63) is 27.7 Å². The Labute approximate surface area is 92.2 Å². The summed E-state index contributed by atoms with van der Waals surface area (Å²) in [6.07, 6.45) is 0.759. The minimum absolute atomic E-state index is 0.00617. The highest BCUT2D eigenvalue weighted by molar-refractivity contribution is 6.37. The Morgan fingerprint density at radius 3 is 2.79 bits per heavy atom. The number of carbonyl (C=O) groups excluding carboxylic acids is 1. The lowest BCUT2D eigenvalue weighted by Gasteiger charge is -2.05. The SMILES string of the molecule is CCC1C(=O)Nc2c(Cl)cc(Cl)cc21. The fourth-order valence-corrected chi connectivity index (χ4v) is 2.31. The summed E-state index contributed by atoms with van der Waals surface area (Å²) in [5.74, 6) is -0.104. The summed E-state index contributed by atoms with van der Waals surface area (Å²) in [7, 11) is 0. The van der Waals surface area contributed by atoms with Crippen LogP contribution in [0.2, 0.25) is 10.0 Å². The van der Waals surface area contributed by atoms with Crippen LogP contribution < -0.4 is 5.32 Å². The molecule has 0 radical (unpaired) electrons. The predicted octanol–water partition coefficient (Wildman–Crippen LogP) is 3.44. The van der Waals surface area contributed by atoms with Crippen LogP contribution in [0.3, 0.4) is 0 Å². The summed E-state index contributed by atoms with van der Waals surface area (Å²) in [6.45, 7) is 1.97. The molecule has 74 valence electrons. The molecule has 1 amide bonds. The lowest BCUT2D eigenvalue weighted by atomic mass is 9.98. The van der Waals surface area contributed by atoms with E-state index in [0.717, 1.165) is 12.0 Å². The van der Waals surface area contributed by atoms with Gasteiger partial charge in [0.2, 0.25) is 5.91 Å². The van der Waals surface area contributed by atoms with Gasteiger partial charge in [-0.15, -0.1) is 0 Å². The molecular weight excluding hydrogens is 221 g/mol. The molecule has 0 fully saturated rings. The van der Waals surface area contributed by atoms with Gasteiger partial charge in [0.25, 0.3) is 0 Å². The Kier molecular flexibility index (Phi) is 2.41. The van der Waals surface area contributed by atoms with Crippen LogP contribution in [0.4, 0.5) is 5.69 Å². The smallest absolute Gasteiger partial charge is 0.232 e. The van der Waals surface area contributed by atoms with Gasteiger partial charge < -0.3 is 5.32 Å². The Hall–Kier alpha value is -0.730. The lowest BCUT2D eigenvalue weighted by molar-refractivity contribution is -0.117. The van der Waals surface area contributed by atoms with Crippen molar-refractivity contribution in [2.45, 2.75) is 19.3 Å². The second-order valence-electron chi connectivity index (χ2n) is 3.30. The van der Waals surface area contributed by atoms with Crippen molar-refractivity contribution in [1.29, 1.82) is 0 Å². The Bertz CT molecular complexity index is 403. The number of amides is 1. The number of anilines is 1. The van der Waals surface area contributed by atoms with E-state index in [9.17, 15) is 4.79 Å². The van der Waals surface area contributed by atoms with E-state index in [2.05, 4.69) is 5.32 Å². The third-order valence-electron chi connectivity index (χ3n) is 2.43. The first-order valence-electron chi connectivity index (χ1n) is 4.43. The highest BCUT2D eigenvalue weighted by Gasteiger charge is 2.30. The second kappa shape index (κ2) is 3.44. The fraction of sp³-hybridized carbons (Fsp3) is 0.300. The van der Waals surface area contributed by atoms with Crippen molar-refractivity contribution in [2.24, 2.45) is 0 Å². The summed E-state index contributed by atoms with van der Waals surface area (Å²) in [5, 5.41) is 3.85. The quantitative estimate of drug-likeness (QED) is 0.786. The van der Waals surface area contributed by atoms with Crippen LogP contribution in [0.15, 0.2) is 12.1 Å². The zero-order valence-electron chi connectivity index (χ0n) is 7.60.